The van der Waals surface area contributed by atoms with Crippen molar-refractivity contribution in [3.05, 3.63) is 0 Å². The van der Waals surface area contributed by atoms with Crippen LogP contribution in [0.4, 0.5) is 0 Å². The van der Waals surface area contributed by atoms with Gasteiger partial charge in [-0.25, -0.2) is 0 Å². The molecule has 0 heterocycles. The molecule has 0 N–H and O–H groups in total. The first-order valence-electron chi connectivity index (χ1n) is 2.32. The Morgan fingerprint density at radius 1 is 1.00 bits per heavy atom. The molecule has 0 bridgehead atoms. The van der Waals surface area contributed by atoms with Crippen molar-refractivity contribution >= 4 is 66.2 Å². The fourth-order valence-corrected chi connectivity index (χ4v) is 0. The second kappa shape index (κ2) is 3.09. The fraction of sp³-hybridized carbons (Fsp3) is 1.00. The van der Waals surface area contributed by atoms with E-state index in [1.165, 1.54) is 0 Å². The molecule has 0 aromatic carbocycles. The van der Waals surface area contributed by atoms with Crippen LogP contribution in [0.2, 0.25) is 14.8 Å². The zero-order valence-electron chi connectivity index (χ0n) is 5.13. The molecular weight excluding hydrogens is 406 g/mol. The first-order chi connectivity index (χ1) is 3.25. The Morgan fingerprint density at radius 2 is 1.12 bits per heavy atom. The molecule has 0 radical (unpaired) electrons. The van der Waals surface area contributed by atoms with Crippen LogP contribution in [0.3, 0.4) is 0 Å². The molecule has 0 rings (SSSR count). The average Bonchev–Trinajstić information content (AvgIpc) is 1.25. The van der Waals surface area contributed by atoms with Gasteiger partial charge in [0.1, 0.15) is 0 Å². The van der Waals surface area contributed by atoms with Gasteiger partial charge in [-0.05, 0) is 0 Å². The summed E-state index contributed by atoms with van der Waals surface area (Å²) in [5.74, 6) is 0. The van der Waals surface area contributed by atoms with Crippen LogP contribution in [0.1, 0.15) is 0 Å². The van der Waals surface area contributed by atoms with Crippen molar-refractivity contribution in [2.75, 3.05) is 0 Å². The van der Waals surface area contributed by atoms with E-state index in [0.29, 0.717) is 0 Å². The molecule has 0 aliphatic heterocycles. The molecule has 8 heavy (non-hydrogen) atoms. The molecule has 0 aromatic rings. The van der Waals surface area contributed by atoms with Gasteiger partial charge in [0.25, 0.3) is 0 Å². The second-order valence-corrected chi connectivity index (χ2v) is 30.8. The standard InChI is InChI=1S/CBr3.3CH3.Sn/c2-1(3)4;;;;/h;3*1H3;. The predicted molar refractivity (Wildman–Crippen MR) is 52.9 cm³/mol. The van der Waals surface area contributed by atoms with Crippen LogP contribution in [0.15, 0.2) is 0 Å². The molecule has 0 amide bonds. The van der Waals surface area contributed by atoms with Crippen LogP contribution in [0.5, 0.6) is 0 Å². The van der Waals surface area contributed by atoms with Gasteiger partial charge in [0.15, 0.2) is 0 Å². The van der Waals surface area contributed by atoms with Crippen LogP contribution in [-0.4, -0.2) is 18.5 Å². The van der Waals surface area contributed by atoms with Gasteiger partial charge in [0, 0.05) is 0 Å². The summed E-state index contributed by atoms with van der Waals surface area (Å²) in [6.45, 7) is 0. The van der Waals surface area contributed by atoms with Crippen molar-refractivity contribution in [1.29, 1.82) is 0 Å². The molecule has 0 aromatic heterocycles. The van der Waals surface area contributed by atoms with Crippen molar-refractivity contribution in [2.45, 2.75) is 15.0 Å². The quantitative estimate of drug-likeness (QED) is 0.418. The second-order valence-electron chi connectivity index (χ2n) is 2.75. The number of halogens is 3. The number of hydrogen-bond donors (Lipinski definition) is 0. The van der Waals surface area contributed by atoms with E-state index in [4.69, 9.17) is 0 Å². The summed E-state index contributed by atoms with van der Waals surface area (Å²) in [6, 6.07) is 0. The summed E-state index contributed by atoms with van der Waals surface area (Å²) in [4.78, 5) is 7.02. The van der Waals surface area contributed by atoms with Gasteiger partial charge in [-0.1, -0.05) is 0 Å². The van der Waals surface area contributed by atoms with Gasteiger partial charge in [0.2, 0.25) is 0 Å². The monoisotopic (exact) mass is 414 g/mol. The van der Waals surface area contributed by atoms with E-state index in [9.17, 15) is 0 Å². The van der Waals surface area contributed by atoms with Crippen LogP contribution >= 0.6 is 47.8 Å². The molecule has 0 unspecified atom stereocenters. The summed E-state index contributed by atoms with van der Waals surface area (Å²) in [7, 11) is 0. The minimum absolute atomic E-state index is 0.0850. The molecule has 0 aliphatic carbocycles. The summed E-state index contributed by atoms with van der Waals surface area (Å²) in [5, 5.41) is 0. The van der Waals surface area contributed by atoms with Gasteiger partial charge in [-0.3, -0.25) is 0 Å². The molecule has 0 atom stereocenters. The molecule has 0 nitrogen and oxygen atoms in total. The predicted octanol–water partition coefficient (Wildman–Crippen LogP) is 3.70. The van der Waals surface area contributed by atoms with Crippen LogP contribution < -0.4 is 0 Å². The Balaban J connectivity index is 4.02. The van der Waals surface area contributed by atoms with Gasteiger partial charge in [-0.15, -0.1) is 0 Å². The van der Waals surface area contributed by atoms with Crippen molar-refractivity contribution in [3.8, 4) is 0 Å². The van der Waals surface area contributed by atoms with Crippen molar-refractivity contribution < 1.29 is 0 Å². The maximum absolute atomic E-state index is 3.53. The van der Waals surface area contributed by atoms with E-state index in [-0.39, 0.29) is 0.159 Å². The van der Waals surface area contributed by atoms with E-state index in [2.05, 4.69) is 62.6 Å². The van der Waals surface area contributed by atoms with Crippen molar-refractivity contribution in [2.24, 2.45) is 0 Å². The van der Waals surface area contributed by atoms with E-state index >= 15 is 0 Å². The Kier molecular flexibility index (Phi) is 3.96. The maximum atomic E-state index is 3.53. The molecule has 0 aliphatic rings. The summed E-state index contributed by atoms with van der Waals surface area (Å²) in [6.07, 6.45) is 0. The molecule has 0 saturated carbocycles. The topological polar surface area (TPSA) is 0 Å². The van der Waals surface area contributed by atoms with E-state index in [1.807, 2.05) is 0 Å². The molecule has 0 saturated heterocycles. The average molecular weight is 416 g/mol. The van der Waals surface area contributed by atoms with Crippen LogP contribution in [0.25, 0.3) is 0 Å². The first kappa shape index (κ1) is 10.2. The van der Waals surface area contributed by atoms with E-state index in [0.717, 1.165) is 0 Å². The molecule has 0 spiro atoms. The number of hydrogen-bond acceptors (Lipinski definition) is 0. The van der Waals surface area contributed by atoms with E-state index < -0.39 is 18.4 Å². The minimum atomic E-state index is -1.77. The Bertz CT molecular complexity index is 66.3. The number of alkyl halides is 3. The zero-order valence-corrected chi connectivity index (χ0v) is 12.7. The first-order valence-corrected chi connectivity index (χ1v) is 14.7. The molecule has 0 fully saturated rings. The van der Waals surface area contributed by atoms with Gasteiger partial charge in [0.05, 0.1) is 0 Å². The van der Waals surface area contributed by atoms with Crippen molar-refractivity contribution in [1.82, 2.24) is 0 Å². The summed E-state index contributed by atoms with van der Waals surface area (Å²) >= 11 is 8.80. The third kappa shape index (κ3) is 3.42. The summed E-state index contributed by atoms with van der Waals surface area (Å²) in [5.41, 5.74) is 0. The van der Waals surface area contributed by atoms with E-state index in [1.54, 1.807) is 0 Å². The number of rotatable bonds is 0. The zero-order chi connectivity index (χ0) is 7.00. The SMILES string of the molecule is [CH3][Sn]([CH3])([CH3])[C](Br)(Br)Br. The Hall–Kier alpha value is 2.24. The Morgan fingerprint density at radius 3 is 1.12 bits per heavy atom. The van der Waals surface area contributed by atoms with Crippen molar-refractivity contribution in [3.63, 3.8) is 0 Å². The third-order valence-corrected chi connectivity index (χ3v) is 29.6. The normalized spacial score (nSPS) is 14.2. The third-order valence-electron chi connectivity index (χ3n) is 0.850. The fourth-order valence-electron chi connectivity index (χ4n) is 0. The van der Waals surface area contributed by atoms with Crippen LogP contribution in [-0.2, 0) is 0 Å². The van der Waals surface area contributed by atoms with Crippen LogP contribution in [0, 0.1) is 0 Å². The molecule has 50 valence electrons. The van der Waals surface area contributed by atoms with Gasteiger partial charge < -0.3 is 0 Å². The van der Waals surface area contributed by atoms with Gasteiger partial charge in [-0.2, -0.15) is 0 Å². The molecular formula is C4H9Br3Sn. The van der Waals surface area contributed by atoms with Gasteiger partial charge >= 0.3 is 81.1 Å². The summed E-state index contributed by atoms with van der Waals surface area (Å²) < 4.78 is 0.0850. The molecule has 4 heteroatoms. The Labute approximate surface area is 80.1 Å².